The van der Waals surface area contributed by atoms with E-state index in [9.17, 15) is 4.79 Å². The lowest BCUT2D eigenvalue weighted by atomic mass is 9.93. The van der Waals surface area contributed by atoms with Crippen molar-refractivity contribution < 1.29 is 4.79 Å². The van der Waals surface area contributed by atoms with E-state index in [1.54, 1.807) is 4.90 Å². The second-order valence-corrected chi connectivity index (χ2v) is 4.43. The van der Waals surface area contributed by atoms with Crippen LogP contribution in [0.3, 0.4) is 0 Å². The summed E-state index contributed by atoms with van der Waals surface area (Å²) < 4.78 is 0. The van der Waals surface area contributed by atoms with Crippen molar-refractivity contribution in [3.63, 3.8) is 0 Å². The molecule has 0 bridgehead atoms. The average molecular weight is 184 g/mol. The molecule has 0 aliphatic carbocycles. The largest absolute Gasteiger partial charge is 0.347 e. The van der Waals surface area contributed by atoms with Gasteiger partial charge in [0.1, 0.15) is 0 Å². The summed E-state index contributed by atoms with van der Waals surface area (Å²) in [5.74, 6) is 1.55. The molecule has 1 fully saturated rings. The van der Waals surface area contributed by atoms with Gasteiger partial charge in [-0.15, -0.1) is 0 Å². The van der Waals surface area contributed by atoms with Crippen molar-refractivity contribution in [2.45, 2.75) is 26.3 Å². The highest BCUT2D eigenvalue weighted by Gasteiger charge is 2.31. The summed E-state index contributed by atoms with van der Waals surface area (Å²) >= 11 is 0. The van der Waals surface area contributed by atoms with Crippen LogP contribution in [0.15, 0.2) is 0 Å². The first-order chi connectivity index (χ1) is 6.02. The van der Waals surface area contributed by atoms with Crippen LogP contribution in [0.5, 0.6) is 0 Å². The molecule has 0 radical (unpaired) electrons. The molecule has 1 N–H and O–H groups in total. The maximum absolute atomic E-state index is 11.6. The zero-order valence-corrected chi connectivity index (χ0v) is 9.00. The predicted octanol–water partition coefficient (Wildman–Crippen LogP) is 0.709. The molecule has 3 nitrogen and oxygen atoms in total. The van der Waals surface area contributed by atoms with Crippen LogP contribution in [0.2, 0.25) is 0 Å². The van der Waals surface area contributed by atoms with Gasteiger partial charge in [0.25, 0.3) is 0 Å². The van der Waals surface area contributed by atoms with Crippen molar-refractivity contribution in [1.82, 2.24) is 10.2 Å². The van der Waals surface area contributed by atoms with E-state index in [0.29, 0.717) is 11.8 Å². The second kappa shape index (κ2) is 4.09. The Balaban J connectivity index is 2.45. The minimum absolute atomic E-state index is 0.0578. The van der Waals surface area contributed by atoms with Crippen LogP contribution in [-0.2, 0) is 4.79 Å². The van der Waals surface area contributed by atoms with E-state index in [1.165, 1.54) is 0 Å². The van der Waals surface area contributed by atoms with Gasteiger partial charge in [0.15, 0.2) is 0 Å². The Kier molecular flexibility index (Phi) is 3.31. The third-order valence-electron chi connectivity index (χ3n) is 2.85. The van der Waals surface area contributed by atoms with Crippen molar-refractivity contribution in [3.8, 4) is 0 Å². The van der Waals surface area contributed by atoms with E-state index >= 15 is 0 Å². The number of rotatable bonds is 2. The summed E-state index contributed by atoms with van der Waals surface area (Å²) in [4.78, 5) is 13.2. The van der Waals surface area contributed by atoms with Crippen LogP contribution in [0.25, 0.3) is 0 Å². The van der Waals surface area contributed by atoms with Crippen molar-refractivity contribution in [2.75, 3.05) is 20.6 Å². The molecule has 2 atom stereocenters. The fraction of sp³-hybridized carbons (Fsp3) is 0.900. The van der Waals surface area contributed by atoms with Gasteiger partial charge < -0.3 is 10.2 Å². The smallest absolute Gasteiger partial charge is 0.239 e. The van der Waals surface area contributed by atoms with Gasteiger partial charge in [0.05, 0.1) is 6.04 Å². The molecule has 0 unspecified atom stereocenters. The topological polar surface area (TPSA) is 32.3 Å². The van der Waals surface area contributed by atoms with Gasteiger partial charge in [-0.2, -0.15) is 0 Å². The zero-order chi connectivity index (χ0) is 10.0. The minimum Gasteiger partial charge on any atom is -0.347 e. The molecule has 1 rings (SSSR count). The van der Waals surface area contributed by atoms with E-state index in [2.05, 4.69) is 19.2 Å². The molecular formula is C10H20N2O. The van der Waals surface area contributed by atoms with Crippen LogP contribution >= 0.6 is 0 Å². The van der Waals surface area contributed by atoms with Crippen molar-refractivity contribution in [2.24, 2.45) is 11.8 Å². The molecule has 1 aliphatic heterocycles. The van der Waals surface area contributed by atoms with E-state index in [-0.39, 0.29) is 11.9 Å². The summed E-state index contributed by atoms with van der Waals surface area (Å²) in [6, 6.07) is 0.0578. The molecule has 3 heteroatoms. The Morgan fingerprint density at radius 3 is 2.46 bits per heavy atom. The average Bonchev–Trinajstić information content (AvgIpc) is 2.50. The summed E-state index contributed by atoms with van der Waals surface area (Å²) in [7, 11) is 3.62. The van der Waals surface area contributed by atoms with Gasteiger partial charge in [-0.3, -0.25) is 4.79 Å². The molecule has 0 spiro atoms. The van der Waals surface area contributed by atoms with Gasteiger partial charge in [0.2, 0.25) is 5.91 Å². The van der Waals surface area contributed by atoms with Crippen molar-refractivity contribution in [1.29, 1.82) is 0 Å². The number of hydrogen-bond acceptors (Lipinski definition) is 2. The fourth-order valence-electron chi connectivity index (χ4n) is 1.77. The maximum Gasteiger partial charge on any atom is 0.239 e. The van der Waals surface area contributed by atoms with Crippen LogP contribution in [0, 0.1) is 11.8 Å². The zero-order valence-electron chi connectivity index (χ0n) is 9.00. The molecule has 1 saturated heterocycles. The maximum atomic E-state index is 11.6. The van der Waals surface area contributed by atoms with Crippen molar-refractivity contribution in [3.05, 3.63) is 0 Å². The number of hydrogen-bond donors (Lipinski definition) is 1. The van der Waals surface area contributed by atoms with Crippen LogP contribution < -0.4 is 5.32 Å². The Bertz CT molecular complexity index is 189. The highest BCUT2D eigenvalue weighted by Crippen LogP contribution is 2.22. The van der Waals surface area contributed by atoms with Crippen molar-refractivity contribution >= 4 is 5.91 Å². The molecule has 0 aromatic rings. The third-order valence-corrected chi connectivity index (χ3v) is 2.85. The van der Waals surface area contributed by atoms with E-state index in [1.807, 2.05) is 14.1 Å². The van der Waals surface area contributed by atoms with Crippen LogP contribution in [0.4, 0.5) is 0 Å². The van der Waals surface area contributed by atoms with E-state index in [4.69, 9.17) is 0 Å². The standard InChI is InChI=1S/C10H20N2O/c1-7(2)8-5-9(11-6-8)10(13)12(3)4/h7-9,11H,5-6H2,1-4H3/t8-,9-/m0/s1. The first-order valence-electron chi connectivity index (χ1n) is 4.97. The number of carbonyl (C=O) groups excluding carboxylic acids is 1. The second-order valence-electron chi connectivity index (χ2n) is 4.43. The summed E-state index contributed by atoms with van der Waals surface area (Å²) in [5.41, 5.74) is 0. The molecule has 76 valence electrons. The molecule has 1 heterocycles. The van der Waals surface area contributed by atoms with Gasteiger partial charge in [-0.25, -0.2) is 0 Å². The Morgan fingerprint density at radius 1 is 1.46 bits per heavy atom. The highest BCUT2D eigenvalue weighted by atomic mass is 16.2. The number of likely N-dealkylation sites (N-methyl/N-ethyl adjacent to an activating group) is 1. The van der Waals surface area contributed by atoms with Crippen LogP contribution in [-0.4, -0.2) is 37.5 Å². The van der Waals surface area contributed by atoms with Gasteiger partial charge in [-0.05, 0) is 24.8 Å². The van der Waals surface area contributed by atoms with Crippen LogP contribution in [0.1, 0.15) is 20.3 Å². The fourth-order valence-corrected chi connectivity index (χ4v) is 1.77. The number of amides is 1. The molecule has 0 saturated carbocycles. The minimum atomic E-state index is 0.0578. The lowest BCUT2D eigenvalue weighted by Crippen LogP contribution is -2.39. The molecule has 1 aliphatic rings. The molecule has 0 aromatic carbocycles. The SMILES string of the molecule is CC(C)[C@@H]1CN[C@H](C(=O)N(C)C)C1. The molecule has 1 amide bonds. The predicted molar refractivity (Wildman–Crippen MR) is 53.4 cm³/mol. The summed E-state index contributed by atoms with van der Waals surface area (Å²) in [6.45, 7) is 5.42. The molecular weight excluding hydrogens is 164 g/mol. The molecule has 13 heavy (non-hydrogen) atoms. The number of nitrogens with zero attached hydrogens (tertiary/aromatic N) is 1. The van der Waals surface area contributed by atoms with Gasteiger partial charge in [-0.1, -0.05) is 13.8 Å². The number of nitrogens with one attached hydrogen (secondary N) is 1. The Labute approximate surface area is 80.5 Å². The van der Waals surface area contributed by atoms with E-state index in [0.717, 1.165) is 13.0 Å². The van der Waals surface area contributed by atoms with Gasteiger partial charge >= 0.3 is 0 Å². The first kappa shape index (κ1) is 10.5. The Hall–Kier alpha value is -0.570. The molecule has 0 aromatic heterocycles. The van der Waals surface area contributed by atoms with Gasteiger partial charge in [0, 0.05) is 14.1 Å². The Morgan fingerprint density at radius 2 is 2.08 bits per heavy atom. The summed E-state index contributed by atoms with van der Waals surface area (Å²) in [6.07, 6.45) is 0.995. The lowest BCUT2D eigenvalue weighted by molar-refractivity contribution is -0.130. The quantitative estimate of drug-likeness (QED) is 0.685. The monoisotopic (exact) mass is 184 g/mol. The third kappa shape index (κ3) is 2.44. The van der Waals surface area contributed by atoms with E-state index < -0.39 is 0 Å². The summed E-state index contributed by atoms with van der Waals surface area (Å²) in [5, 5.41) is 3.28. The highest BCUT2D eigenvalue weighted by molar-refractivity contribution is 5.81. The first-order valence-corrected chi connectivity index (χ1v) is 4.97. The lowest BCUT2D eigenvalue weighted by Gasteiger charge is -2.16. The normalized spacial score (nSPS) is 28.1. The number of carbonyl (C=O) groups is 1.